The summed E-state index contributed by atoms with van der Waals surface area (Å²) in [5.41, 5.74) is 4.09. The van der Waals surface area contributed by atoms with Gasteiger partial charge in [-0.25, -0.2) is 0 Å². The lowest BCUT2D eigenvalue weighted by atomic mass is 10.1. The van der Waals surface area contributed by atoms with Crippen LogP contribution < -0.4 is 10.3 Å². The van der Waals surface area contributed by atoms with Crippen LogP contribution in [-0.2, 0) is 0 Å². The number of anilines is 2. The van der Waals surface area contributed by atoms with Crippen LogP contribution in [-0.4, -0.2) is 24.3 Å². The molecular weight excluding hydrogens is 278 g/mol. The van der Waals surface area contributed by atoms with Gasteiger partial charge in [0.05, 0.1) is 5.69 Å². The van der Waals surface area contributed by atoms with Gasteiger partial charge in [-0.05, 0) is 31.4 Å². The summed E-state index contributed by atoms with van der Waals surface area (Å²) in [5.74, 6) is 0.893. The van der Waals surface area contributed by atoms with E-state index in [-0.39, 0.29) is 0 Å². The molecule has 2 aromatic rings. The van der Waals surface area contributed by atoms with E-state index in [0.29, 0.717) is 17.5 Å². The van der Waals surface area contributed by atoms with Crippen molar-refractivity contribution in [2.24, 2.45) is 5.10 Å². The SMILES string of the molecule is N#Cc1nc(/C=N\Nc2ccccc2)oc1N1CCCCC1. The van der Waals surface area contributed by atoms with Crippen molar-refractivity contribution >= 4 is 17.8 Å². The summed E-state index contributed by atoms with van der Waals surface area (Å²) >= 11 is 0. The second kappa shape index (κ2) is 6.76. The molecule has 22 heavy (non-hydrogen) atoms. The van der Waals surface area contributed by atoms with E-state index >= 15 is 0 Å². The monoisotopic (exact) mass is 295 g/mol. The smallest absolute Gasteiger partial charge is 0.243 e. The van der Waals surface area contributed by atoms with Crippen molar-refractivity contribution in [3.05, 3.63) is 41.9 Å². The van der Waals surface area contributed by atoms with Crippen molar-refractivity contribution in [2.75, 3.05) is 23.4 Å². The quantitative estimate of drug-likeness (QED) is 0.693. The number of hydrazone groups is 1. The number of aromatic nitrogens is 1. The van der Waals surface area contributed by atoms with Crippen molar-refractivity contribution in [1.29, 1.82) is 5.26 Å². The third kappa shape index (κ3) is 3.26. The molecule has 0 atom stereocenters. The van der Waals surface area contributed by atoms with Crippen LogP contribution in [0.4, 0.5) is 11.6 Å². The largest absolute Gasteiger partial charge is 0.418 e. The Morgan fingerprint density at radius 1 is 1.23 bits per heavy atom. The number of piperidine rings is 1. The Labute approximate surface area is 129 Å². The first-order valence-electron chi connectivity index (χ1n) is 7.37. The zero-order valence-electron chi connectivity index (χ0n) is 12.2. The summed E-state index contributed by atoms with van der Waals surface area (Å²) in [4.78, 5) is 6.26. The van der Waals surface area contributed by atoms with Gasteiger partial charge in [-0.15, -0.1) is 0 Å². The topological polar surface area (TPSA) is 77.5 Å². The first-order valence-corrected chi connectivity index (χ1v) is 7.37. The van der Waals surface area contributed by atoms with Crippen molar-refractivity contribution in [1.82, 2.24) is 4.98 Å². The van der Waals surface area contributed by atoms with Crippen LogP contribution in [0.1, 0.15) is 30.8 Å². The molecule has 1 N–H and O–H groups in total. The second-order valence-corrected chi connectivity index (χ2v) is 5.10. The average Bonchev–Trinajstić information content (AvgIpc) is 3.00. The molecule has 0 saturated carbocycles. The van der Waals surface area contributed by atoms with E-state index in [2.05, 4.69) is 26.5 Å². The number of hydrogen-bond acceptors (Lipinski definition) is 6. The van der Waals surface area contributed by atoms with Gasteiger partial charge in [0.2, 0.25) is 17.5 Å². The predicted molar refractivity (Wildman–Crippen MR) is 84.9 cm³/mol. The van der Waals surface area contributed by atoms with Crippen molar-refractivity contribution in [2.45, 2.75) is 19.3 Å². The summed E-state index contributed by atoms with van der Waals surface area (Å²) in [6.45, 7) is 1.81. The molecule has 0 spiro atoms. The molecule has 0 unspecified atom stereocenters. The Kier molecular flexibility index (Phi) is 4.35. The molecule has 1 aliphatic heterocycles. The fourth-order valence-corrected chi connectivity index (χ4v) is 2.44. The maximum atomic E-state index is 9.21. The summed E-state index contributed by atoms with van der Waals surface area (Å²) in [6, 6.07) is 11.7. The van der Waals surface area contributed by atoms with E-state index in [1.165, 1.54) is 12.6 Å². The predicted octanol–water partition coefficient (Wildman–Crippen LogP) is 2.98. The van der Waals surface area contributed by atoms with Gasteiger partial charge in [-0.1, -0.05) is 18.2 Å². The second-order valence-electron chi connectivity index (χ2n) is 5.10. The highest BCUT2D eigenvalue weighted by molar-refractivity contribution is 5.75. The molecule has 0 radical (unpaired) electrons. The van der Waals surface area contributed by atoms with Gasteiger partial charge in [0.15, 0.2) is 0 Å². The lowest BCUT2D eigenvalue weighted by Crippen LogP contribution is -2.29. The Hall–Kier alpha value is -2.81. The van der Waals surface area contributed by atoms with E-state index in [1.54, 1.807) is 0 Å². The van der Waals surface area contributed by atoms with Gasteiger partial charge >= 0.3 is 0 Å². The van der Waals surface area contributed by atoms with Crippen molar-refractivity contribution in [3.63, 3.8) is 0 Å². The molecule has 2 heterocycles. The Morgan fingerprint density at radius 3 is 2.73 bits per heavy atom. The maximum Gasteiger partial charge on any atom is 0.243 e. The molecule has 0 amide bonds. The highest BCUT2D eigenvalue weighted by Crippen LogP contribution is 2.24. The Balaban J connectivity index is 1.72. The lowest BCUT2D eigenvalue weighted by Gasteiger charge is -2.25. The van der Waals surface area contributed by atoms with Crippen LogP contribution in [0.15, 0.2) is 39.9 Å². The summed E-state index contributed by atoms with van der Waals surface area (Å²) in [6.07, 6.45) is 4.94. The van der Waals surface area contributed by atoms with E-state index in [1.807, 2.05) is 30.3 Å². The van der Waals surface area contributed by atoms with Gasteiger partial charge < -0.3 is 9.32 Å². The molecule has 6 nitrogen and oxygen atoms in total. The van der Waals surface area contributed by atoms with Crippen molar-refractivity contribution < 1.29 is 4.42 Å². The van der Waals surface area contributed by atoms with Gasteiger partial charge in [0.25, 0.3) is 0 Å². The standard InChI is InChI=1S/C16H17N5O/c17-11-14-16(21-9-5-2-6-10-21)22-15(19-14)12-18-20-13-7-3-1-4-8-13/h1,3-4,7-8,12,20H,2,5-6,9-10H2/b18-12-. The molecule has 3 rings (SSSR count). The van der Waals surface area contributed by atoms with Gasteiger partial charge in [-0.3, -0.25) is 5.43 Å². The number of oxazole rings is 1. The third-order valence-electron chi connectivity index (χ3n) is 3.52. The molecule has 0 aliphatic carbocycles. The Morgan fingerprint density at radius 2 is 2.00 bits per heavy atom. The molecule has 1 aromatic carbocycles. The molecule has 6 heteroatoms. The zero-order valence-corrected chi connectivity index (χ0v) is 12.2. The van der Waals surface area contributed by atoms with Crippen LogP contribution >= 0.6 is 0 Å². The first-order chi connectivity index (χ1) is 10.9. The number of hydrogen-bond donors (Lipinski definition) is 1. The number of rotatable bonds is 4. The highest BCUT2D eigenvalue weighted by Gasteiger charge is 2.20. The number of nitriles is 1. The molecule has 1 saturated heterocycles. The van der Waals surface area contributed by atoms with E-state index < -0.39 is 0 Å². The molecule has 112 valence electrons. The van der Waals surface area contributed by atoms with Crippen LogP contribution in [0.3, 0.4) is 0 Å². The van der Waals surface area contributed by atoms with E-state index in [9.17, 15) is 5.26 Å². The van der Waals surface area contributed by atoms with Crippen LogP contribution in [0, 0.1) is 11.3 Å². The fraction of sp³-hybridized carbons (Fsp3) is 0.312. The minimum absolute atomic E-state index is 0.322. The number of nitrogens with zero attached hydrogens (tertiary/aromatic N) is 4. The molecule has 0 bridgehead atoms. The van der Waals surface area contributed by atoms with Crippen molar-refractivity contribution in [3.8, 4) is 6.07 Å². The number of nitrogens with one attached hydrogen (secondary N) is 1. The van der Waals surface area contributed by atoms with E-state index in [4.69, 9.17) is 4.42 Å². The Bertz CT molecular complexity index is 680. The first kappa shape index (κ1) is 14.1. The summed E-state index contributed by atoms with van der Waals surface area (Å²) in [5, 5.41) is 13.3. The zero-order chi connectivity index (χ0) is 15.2. The van der Waals surface area contributed by atoms with Gasteiger partial charge in [-0.2, -0.15) is 15.3 Å². The van der Waals surface area contributed by atoms with Crippen LogP contribution in [0.2, 0.25) is 0 Å². The molecule has 1 aromatic heterocycles. The average molecular weight is 295 g/mol. The van der Waals surface area contributed by atoms with Gasteiger partial charge in [0.1, 0.15) is 12.3 Å². The normalized spacial score (nSPS) is 15.0. The van der Waals surface area contributed by atoms with Gasteiger partial charge in [0, 0.05) is 13.1 Å². The molecule has 1 aliphatic rings. The molecular formula is C16H17N5O. The highest BCUT2D eigenvalue weighted by atomic mass is 16.4. The number of para-hydroxylation sites is 1. The minimum atomic E-state index is 0.322. The van der Waals surface area contributed by atoms with E-state index in [0.717, 1.165) is 31.6 Å². The number of benzene rings is 1. The maximum absolute atomic E-state index is 9.21. The van der Waals surface area contributed by atoms with Crippen LogP contribution in [0.5, 0.6) is 0 Å². The summed E-state index contributed by atoms with van der Waals surface area (Å²) in [7, 11) is 0. The molecule has 1 fully saturated rings. The van der Waals surface area contributed by atoms with Crippen LogP contribution in [0.25, 0.3) is 0 Å². The third-order valence-corrected chi connectivity index (χ3v) is 3.52. The fourth-order valence-electron chi connectivity index (χ4n) is 2.44. The lowest BCUT2D eigenvalue weighted by molar-refractivity contribution is 0.493. The minimum Gasteiger partial charge on any atom is -0.418 e. The summed E-state index contributed by atoms with van der Waals surface area (Å²) < 4.78 is 5.69.